The smallest absolute Gasteiger partial charge is 0.252 e. The number of rotatable bonds is 6. The van der Waals surface area contributed by atoms with Crippen molar-refractivity contribution in [2.24, 2.45) is 0 Å². The maximum absolute atomic E-state index is 13.6. The van der Waals surface area contributed by atoms with Gasteiger partial charge in [0, 0.05) is 28.9 Å². The molecule has 5 aromatic rings. The zero-order chi connectivity index (χ0) is 24.4. The largest absolute Gasteiger partial charge is 0.343 e. The zero-order valence-electron chi connectivity index (χ0n) is 20.0. The van der Waals surface area contributed by atoms with Gasteiger partial charge in [0.1, 0.15) is 5.69 Å². The van der Waals surface area contributed by atoms with Crippen LogP contribution in [-0.2, 0) is 12.1 Å². The standard InChI is InChI=1S/C30H27N5O/c36-29(32-30(15-6-7-16-30)26-9-2-1-3-10-26)27-11-5-4-8-25(27)20-35-21-28(33-34-35)23-12-13-24-19-31-17-14-22(24)18-23/h1-5,8-14,17-19,21H,6-7,15-16,20H2,(H,32,36). The number of aromatic nitrogens is 4. The summed E-state index contributed by atoms with van der Waals surface area (Å²) in [5.74, 6) is -0.0418. The van der Waals surface area contributed by atoms with Crippen LogP contribution in [0, 0.1) is 0 Å². The van der Waals surface area contributed by atoms with Gasteiger partial charge in [-0.1, -0.05) is 78.7 Å². The zero-order valence-corrected chi connectivity index (χ0v) is 20.0. The van der Waals surface area contributed by atoms with Crippen molar-refractivity contribution in [1.82, 2.24) is 25.3 Å². The van der Waals surface area contributed by atoms with Crippen molar-refractivity contribution in [2.45, 2.75) is 37.8 Å². The highest BCUT2D eigenvalue weighted by atomic mass is 16.1. The second kappa shape index (κ2) is 9.38. The average molecular weight is 474 g/mol. The second-order valence-electron chi connectivity index (χ2n) is 9.51. The monoisotopic (exact) mass is 473 g/mol. The van der Waals surface area contributed by atoms with E-state index in [1.54, 1.807) is 10.9 Å². The Morgan fingerprint density at radius 3 is 2.58 bits per heavy atom. The van der Waals surface area contributed by atoms with Crippen LogP contribution in [0.3, 0.4) is 0 Å². The summed E-state index contributed by atoms with van der Waals surface area (Å²) in [4.78, 5) is 17.8. The molecule has 0 saturated heterocycles. The normalized spacial score (nSPS) is 14.7. The summed E-state index contributed by atoms with van der Waals surface area (Å²) in [6, 6.07) is 26.3. The van der Waals surface area contributed by atoms with E-state index >= 15 is 0 Å². The lowest BCUT2D eigenvalue weighted by Crippen LogP contribution is -2.44. The van der Waals surface area contributed by atoms with E-state index in [0.717, 1.165) is 53.3 Å². The molecule has 6 heteroatoms. The minimum absolute atomic E-state index is 0.0418. The van der Waals surface area contributed by atoms with Crippen molar-refractivity contribution in [3.8, 4) is 11.3 Å². The first-order chi connectivity index (χ1) is 17.7. The first-order valence-corrected chi connectivity index (χ1v) is 12.4. The molecule has 0 unspecified atom stereocenters. The molecule has 6 rings (SSSR count). The third kappa shape index (κ3) is 4.26. The van der Waals surface area contributed by atoms with Gasteiger partial charge in [-0.15, -0.1) is 5.10 Å². The van der Waals surface area contributed by atoms with Gasteiger partial charge in [-0.25, -0.2) is 4.68 Å². The first-order valence-electron chi connectivity index (χ1n) is 12.4. The molecule has 1 aliphatic carbocycles. The van der Waals surface area contributed by atoms with E-state index in [2.05, 4.69) is 38.8 Å². The second-order valence-corrected chi connectivity index (χ2v) is 9.51. The van der Waals surface area contributed by atoms with Crippen LogP contribution in [0.4, 0.5) is 0 Å². The summed E-state index contributed by atoms with van der Waals surface area (Å²) in [7, 11) is 0. The van der Waals surface area contributed by atoms with E-state index in [9.17, 15) is 4.79 Å². The summed E-state index contributed by atoms with van der Waals surface area (Å²) < 4.78 is 1.79. The lowest BCUT2D eigenvalue weighted by Gasteiger charge is -2.31. The fraction of sp³-hybridized carbons (Fsp3) is 0.200. The van der Waals surface area contributed by atoms with Gasteiger partial charge in [-0.05, 0) is 47.6 Å². The number of nitrogens with zero attached hydrogens (tertiary/aromatic N) is 4. The Morgan fingerprint density at radius 1 is 0.917 bits per heavy atom. The van der Waals surface area contributed by atoms with Gasteiger partial charge >= 0.3 is 0 Å². The summed E-state index contributed by atoms with van der Waals surface area (Å²) in [5, 5.41) is 14.4. The van der Waals surface area contributed by atoms with Gasteiger partial charge in [0.15, 0.2) is 0 Å². The molecule has 36 heavy (non-hydrogen) atoms. The van der Waals surface area contributed by atoms with Crippen molar-refractivity contribution in [1.29, 1.82) is 0 Å². The van der Waals surface area contributed by atoms with E-state index in [1.807, 2.05) is 73.1 Å². The molecular weight excluding hydrogens is 446 g/mol. The maximum atomic E-state index is 13.6. The summed E-state index contributed by atoms with van der Waals surface area (Å²) >= 11 is 0. The molecule has 0 spiro atoms. The number of carbonyl (C=O) groups excluding carboxylic acids is 1. The van der Waals surface area contributed by atoms with Crippen LogP contribution in [0.1, 0.15) is 47.2 Å². The number of carbonyl (C=O) groups is 1. The molecule has 1 aliphatic rings. The van der Waals surface area contributed by atoms with Gasteiger partial charge in [-0.3, -0.25) is 9.78 Å². The highest BCUT2D eigenvalue weighted by molar-refractivity contribution is 5.96. The van der Waals surface area contributed by atoms with Crippen LogP contribution in [0.5, 0.6) is 0 Å². The van der Waals surface area contributed by atoms with Gasteiger partial charge in [0.2, 0.25) is 0 Å². The number of nitrogens with one attached hydrogen (secondary N) is 1. The molecule has 0 aliphatic heterocycles. The van der Waals surface area contributed by atoms with Gasteiger partial charge in [0.25, 0.3) is 5.91 Å². The number of hydrogen-bond donors (Lipinski definition) is 1. The minimum Gasteiger partial charge on any atom is -0.343 e. The van der Waals surface area contributed by atoms with E-state index in [1.165, 1.54) is 5.56 Å². The molecule has 1 N–H and O–H groups in total. The predicted molar refractivity (Wildman–Crippen MR) is 140 cm³/mol. The van der Waals surface area contributed by atoms with Crippen LogP contribution in [0.25, 0.3) is 22.0 Å². The Balaban J connectivity index is 1.25. The highest BCUT2D eigenvalue weighted by Gasteiger charge is 2.37. The minimum atomic E-state index is -0.308. The first kappa shape index (κ1) is 22.2. The molecule has 0 radical (unpaired) electrons. The van der Waals surface area contributed by atoms with E-state index < -0.39 is 0 Å². The Kier molecular flexibility index (Phi) is 5.77. The molecule has 1 saturated carbocycles. The Labute approximate surface area is 210 Å². The van der Waals surface area contributed by atoms with Gasteiger partial charge in [-0.2, -0.15) is 0 Å². The number of benzene rings is 3. The SMILES string of the molecule is O=C(NC1(c2ccccc2)CCCC1)c1ccccc1Cn1cc(-c2ccc3cnccc3c2)nn1. The van der Waals surface area contributed by atoms with Crippen LogP contribution in [-0.4, -0.2) is 25.9 Å². The van der Waals surface area contributed by atoms with Gasteiger partial charge < -0.3 is 5.32 Å². The van der Waals surface area contributed by atoms with Crippen molar-refractivity contribution in [2.75, 3.05) is 0 Å². The van der Waals surface area contributed by atoms with E-state index in [0.29, 0.717) is 12.1 Å². The predicted octanol–water partition coefficient (Wildman–Crippen LogP) is 5.74. The van der Waals surface area contributed by atoms with Gasteiger partial charge in [0.05, 0.1) is 18.3 Å². The Morgan fingerprint density at radius 2 is 1.72 bits per heavy atom. The average Bonchev–Trinajstić information content (AvgIpc) is 3.60. The molecule has 1 amide bonds. The number of fused-ring (bicyclic) bond motifs is 1. The molecular formula is C30H27N5O. The lowest BCUT2D eigenvalue weighted by atomic mass is 9.87. The molecule has 2 aromatic heterocycles. The Hall–Kier alpha value is -4.32. The lowest BCUT2D eigenvalue weighted by molar-refractivity contribution is 0.0897. The van der Waals surface area contributed by atoms with Crippen LogP contribution in [0.2, 0.25) is 0 Å². The quantitative estimate of drug-likeness (QED) is 0.341. The number of pyridine rings is 1. The third-order valence-corrected chi connectivity index (χ3v) is 7.21. The summed E-state index contributed by atoms with van der Waals surface area (Å²) in [6.45, 7) is 0.465. The Bertz CT molecular complexity index is 1520. The van der Waals surface area contributed by atoms with Crippen molar-refractivity contribution >= 4 is 16.7 Å². The number of hydrogen-bond acceptors (Lipinski definition) is 4. The van der Waals surface area contributed by atoms with Crippen molar-refractivity contribution in [3.63, 3.8) is 0 Å². The molecule has 0 bridgehead atoms. The number of amides is 1. The fourth-order valence-corrected chi connectivity index (χ4v) is 5.31. The topological polar surface area (TPSA) is 72.7 Å². The van der Waals surface area contributed by atoms with Crippen molar-refractivity contribution < 1.29 is 4.79 Å². The van der Waals surface area contributed by atoms with Crippen LogP contribution in [0.15, 0.2) is 97.5 Å². The molecule has 178 valence electrons. The highest BCUT2D eigenvalue weighted by Crippen LogP contribution is 2.39. The van der Waals surface area contributed by atoms with Crippen LogP contribution >= 0.6 is 0 Å². The molecule has 1 fully saturated rings. The van der Waals surface area contributed by atoms with Crippen LogP contribution < -0.4 is 5.32 Å². The van der Waals surface area contributed by atoms with E-state index in [4.69, 9.17) is 0 Å². The molecule has 6 nitrogen and oxygen atoms in total. The summed E-state index contributed by atoms with van der Waals surface area (Å²) in [5.41, 5.74) is 4.26. The third-order valence-electron chi connectivity index (χ3n) is 7.21. The van der Waals surface area contributed by atoms with Crippen molar-refractivity contribution in [3.05, 3.63) is 114 Å². The summed E-state index contributed by atoms with van der Waals surface area (Å²) in [6.07, 6.45) is 9.72. The molecule has 0 atom stereocenters. The van der Waals surface area contributed by atoms with E-state index in [-0.39, 0.29) is 11.4 Å². The fourth-order valence-electron chi connectivity index (χ4n) is 5.31. The maximum Gasteiger partial charge on any atom is 0.252 e. The molecule has 2 heterocycles. The molecule has 3 aromatic carbocycles.